The van der Waals surface area contributed by atoms with Crippen molar-refractivity contribution in [2.24, 2.45) is 0 Å². The number of carbonyl (C=O) groups excluding carboxylic acids is 1. The second-order valence-electron chi connectivity index (χ2n) is 6.17. The Morgan fingerprint density at radius 2 is 2.16 bits per heavy atom. The lowest BCUT2D eigenvalue weighted by molar-refractivity contribution is -0.122. The lowest BCUT2D eigenvalue weighted by Gasteiger charge is -2.24. The zero-order valence-corrected chi connectivity index (χ0v) is 13.4. The summed E-state index contributed by atoms with van der Waals surface area (Å²) in [6, 6.07) is 6.71. The van der Waals surface area contributed by atoms with Crippen LogP contribution >= 0.6 is 0 Å². The SMILES string of the molecule is O=C(Cn1c(=O)[nH]c2ccccc2c1=O)NC1CCc2nccn2C1. The van der Waals surface area contributed by atoms with E-state index >= 15 is 0 Å². The molecule has 0 radical (unpaired) electrons. The molecule has 2 aromatic heterocycles. The fraction of sp³-hybridized carbons (Fsp3) is 0.294. The largest absolute Gasteiger partial charge is 0.350 e. The Balaban J connectivity index is 1.53. The molecular weight excluding hydrogens is 322 g/mol. The Hall–Kier alpha value is -3.16. The van der Waals surface area contributed by atoms with Crippen LogP contribution in [0, 0.1) is 0 Å². The average Bonchev–Trinajstić information content (AvgIpc) is 3.06. The maximum atomic E-state index is 12.5. The van der Waals surface area contributed by atoms with Gasteiger partial charge in [-0.2, -0.15) is 0 Å². The van der Waals surface area contributed by atoms with E-state index in [0.717, 1.165) is 23.2 Å². The number of imidazole rings is 1. The van der Waals surface area contributed by atoms with Gasteiger partial charge in [0.25, 0.3) is 5.56 Å². The second-order valence-corrected chi connectivity index (χ2v) is 6.17. The van der Waals surface area contributed by atoms with Gasteiger partial charge in [0.05, 0.1) is 10.9 Å². The number of hydrogen-bond acceptors (Lipinski definition) is 4. The number of aromatic amines is 1. The molecule has 4 rings (SSSR count). The van der Waals surface area contributed by atoms with E-state index in [4.69, 9.17) is 0 Å². The van der Waals surface area contributed by atoms with Gasteiger partial charge in [-0.3, -0.25) is 14.2 Å². The lowest BCUT2D eigenvalue weighted by Crippen LogP contribution is -2.45. The maximum absolute atomic E-state index is 12.5. The summed E-state index contributed by atoms with van der Waals surface area (Å²) >= 11 is 0. The van der Waals surface area contributed by atoms with Crippen molar-refractivity contribution in [2.45, 2.75) is 32.0 Å². The predicted octanol–water partition coefficient (Wildman–Crippen LogP) is 0.0175. The van der Waals surface area contributed by atoms with Gasteiger partial charge < -0.3 is 14.9 Å². The summed E-state index contributed by atoms with van der Waals surface area (Å²) in [5.74, 6) is 0.657. The van der Waals surface area contributed by atoms with Crippen LogP contribution in [0.4, 0.5) is 0 Å². The molecule has 128 valence electrons. The van der Waals surface area contributed by atoms with Crippen LogP contribution in [0.3, 0.4) is 0 Å². The van der Waals surface area contributed by atoms with Crippen LogP contribution in [0.2, 0.25) is 0 Å². The molecule has 8 nitrogen and oxygen atoms in total. The number of nitrogens with one attached hydrogen (secondary N) is 2. The van der Waals surface area contributed by atoms with Gasteiger partial charge in [0.1, 0.15) is 12.4 Å². The van der Waals surface area contributed by atoms with Gasteiger partial charge in [0.15, 0.2) is 0 Å². The zero-order chi connectivity index (χ0) is 17.4. The fourth-order valence-electron chi connectivity index (χ4n) is 3.24. The van der Waals surface area contributed by atoms with Gasteiger partial charge >= 0.3 is 5.69 Å². The van der Waals surface area contributed by atoms with Gasteiger partial charge in [-0.25, -0.2) is 9.78 Å². The third-order valence-electron chi connectivity index (χ3n) is 4.49. The van der Waals surface area contributed by atoms with Crippen molar-refractivity contribution in [3.63, 3.8) is 0 Å². The van der Waals surface area contributed by atoms with Crippen LogP contribution in [0.1, 0.15) is 12.2 Å². The Bertz CT molecular complexity index is 1060. The monoisotopic (exact) mass is 339 g/mol. The second kappa shape index (κ2) is 6.04. The molecule has 0 bridgehead atoms. The molecule has 1 unspecified atom stereocenters. The molecule has 1 aliphatic rings. The summed E-state index contributed by atoms with van der Waals surface area (Å²) in [7, 11) is 0. The molecule has 0 spiro atoms. The molecule has 3 aromatic rings. The van der Waals surface area contributed by atoms with E-state index in [1.807, 2.05) is 10.8 Å². The van der Waals surface area contributed by atoms with Crippen LogP contribution in [0.15, 0.2) is 46.2 Å². The van der Waals surface area contributed by atoms with Crippen LogP contribution < -0.4 is 16.6 Å². The third-order valence-corrected chi connectivity index (χ3v) is 4.49. The summed E-state index contributed by atoms with van der Waals surface area (Å²) < 4.78 is 2.94. The van der Waals surface area contributed by atoms with E-state index in [0.29, 0.717) is 17.4 Å². The molecule has 1 amide bonds. The third kappa shape index (κ3) is 2.86. The van der Waals surface area contributed by atoms with Crippen LogP contribution in [0.25, 0.3) is 10.9 Å². The Morgan fingerprint density at radius 1 is 1.32 bits per heavy atom. The number of nitrogens with zero attached hydrogens (tertiary/aromatic N) is 3. The van der Waals surface area contributed by atoms with Gasteiger partial charge in [0, 0.05) is 31.4 Å². The van der Waals surface area contributed by atoms with E-state index in [9.17, 15) is 14.4 Å². The summed E-state index contributed by atoms with van der Waals surface area (Å²) in [6.07, 6.45) is 5.19. The van der Waals surface area contributed by atoms with Crippen molar-refractivity contribution in [3.8, 4) is 0 Å². The quantitative estimate of drug-likeness (QED) is 0.702. The molecule has 0 fully saturated rings. The van der Waals surface area contributed by atoms with Crippen molar-refractivity contribution in [1.82, 2.24) is 24.4 Å². The Labute approximate surface area is 142 Å². The Morgan fingerprint density at radius 3 is 3.04 bits per heavy atom. The number of fused-ring (bicyclic) bond motifs is 2. The smallest absolute Gasteiger partial charge is 0.329 e. The Kier molecular flexibility index (Phi) is 3.72. The van der Waals surface area contributed by atoms with Gasteiger partial charge in [0.2, 0.25) is 5.91 Å². The number of hydrogen-bond donors (Lipinski definition) is 2. The zero-order valence-electron chi connectivity index (χ0n) is 13.4. The maximum Gasteiger partial charge on any atom is 0.329 e. The van der Waals surface area contributed by atoms with Gasteiger partial charge in [-0.15, -0.1) is 0 Å². The first-order valence-corrected chi connectivity index (χ1v) is 8.13. The molecule has 0 saturated heterocycles. The minimum Gasteiger partial charge on any atom is -0.350 e. The number of rotatable bonds is 3. The fourth-order valence-corrected chi connectivity index (χ4v) is 3.24. The van der Waals surface area contributed by atoms with Crippen LogP contribution in [-0.4, -0.2) is 31.1 Å². The number of H-pyrrole nitrogens is 1. The van der Waals surface area contributed by atoms with Gasteiger partial charge in [-0.1, -0.05) is 12.1 Å². The highest BCUT2D eigenvalue weighted by molar-refractivity contribution is 5.79. The number of carbonyl (C=O) groups is 1. The highest BCUT2D eigenvalue weighted by Gasteiger charge is 2.21. The normalized spacial score (nSPS) is 16.6. The molecule has 1 aliphatic heterocycles. The summed E-state index contributed by atoms with van der Waals surface area (Å²) in [4.78, 5) is 43.8. The van der Waals surface area contributed by atoms with Crippen molar-refractivity contribution in [2.75, 3.05) is 0 Å². The molecule has 1 aromatic carbocycles. The molecule has 1 atom stereocenters. The lowest BCUT2D eigenvalue weighted by atomic mass is 10.1. The summed E-state index contributed by atoms with van der Waals surface area (Å²) in [5, 5.41) is 3.29. The first kappa shape index (κ1) is 15.4. The first-order valence-electron chi connectivity index (χ1n) is 8.13. The van der Waals surface area contributed by atoms with E-state index in [1.165, 1.54) is 0 Å². The minimum absolute atomic E-state index is 0.0376. The molecule has 3 heterocycles. The average molecular weight is 339 g/mol. The summed E-state index contributed by atoms with van der Waals surface area (Å²) in [6.45, 7) is 0.344. The van der Waals surface area contributed by atoms with E-state index < -0.39 is 11.2 Å². The molecule has 25 heavy (non-hydrogen) atoms. The number of amides is 1. The van der Waals surface area contributed by atoms with Crippen molar-refractivity contribution < 1.29 is 4.79 Å². The topological polar surface area (TPSA) is 102 Å². The molecule has 0 aliphatic carbocycles. The van der Waals surface area contributed by atoms with E-state index in [2.05, 4.69) is 15.3 Å². The molecule has 2 N–H and O–H groups in total. The number of aromatic nitrogens is 4. The van der Waals surface area contributed by atoms with Crippen molar-refractivity contribution in [1.29, 1.82) is 0 Å². The number of aryl methyl sites for hydroxylation is 1. The number of benzene rings is 1. The highest BCUT2D eigenvalue weighted by Crippen LogP contribution is 2.12. The number of para-hydroxylation sites is 1. The van der Waals surface area contributed by atoms with Crippen molar-refractivity contribution >= 4 is 16.8 Å². The summed E-state index contributed by atoms with van der Waals surface area (Å²) in [5.41, 5.74) is -0.580. The first-order chi connectivity index (χ1) is 12.1. The van der Waals surface area contributed by atoms with E-state index in [1.54, 1.807) is 30.5 Å². The van der Waals surface area contributed by atoms with Gasteiger partial charge in [-0.05, 0) is 18.6 Å². The predicted molar refractivity (Wildman–Crippen MR) is 91.3 cm³/mol. The molecule has 8 heteroatoms. The van der Waals surface area contributed by atoms with E-state index in [-0.39, 0.29) is 18.5 Å². The van der Waals surface area contributed by atoms with Crippen LogP contribution in [-0.2, 0) is 24.3 Å². The highest BCUT2D eigenvalue weighted by atomic mass is 16.2. The van der Waals surface area contributed by atoms with Crippen LogP contribution in [0.5, 0.6) is 0 Å². The minimum atomic E-state index is -0.584. The molecule has 0 saturated carbocycles. The molecular formula is C17H17N5O3. The van der Waals surface area contributed by atoms with Crippen molar-refractivity contribution in [3.05, 3.63) is 63.3 Å². The standard InChI is InChI=1S/C17H17N5O3/c23-15(19-11-5-6-14-18-7-8-21(14)9-11)10-22-16(24)12-3-1-2-4-13(12)20-17(22)25/h1-4,7-8,11H,5-6,9-10H2,(H,19,23)(H,20,25).